The number of amides is 2. The highest BCUT2D eigenvalue weighted by Crippen LogP contribution is 2.21. The molecule has 0 atom stereocenters. The van der Waals surface area contributed by atoms with Crippen molar-refractivity contribution in [1.82, 2.24) is 16.2 Å². The number of para-hydroxylation sites is 1. The number of nitrogens with one attached hydrogen (secondary N) is 3. The van der Waals surface area contributed by atoms with Crippen molar-refractivity contribution in [2.75, 3.05) is 13.2 Å². The molecule has 0 aromatic heterocycles. The van der Waals surface area contributed by atoms with Crippen molar-refractivity contribution >= 4 is 45.1 Å². The second-order valence-electron chi connectivity index (χ2n) is 7.18. The molecule has 0 aliphatic rings. The summed E-state index contributed by atoms with van der Waals surface area (Å²) in [6, 6.07) is 12.3. The highest BCUT2D eigenvalue weighted by atomic mass is 79.9. The second kappa shape index (κ2) is 12.3. The molecule has 0 spiro atoms. The third-order valence-electron chi connectivity index (χ3n) is 4.13. The van der Waals surface area contributed by atoms with Gasteiger partial charge in [-0.15, -0.1) is 0 Å². The van der Waals surface area contributed by atoms with Crippen LogP contribution in [0.1, 0.15) is 36.2 Å². The molecule has 0 heterocycles. The summed E-state index contributed by atoms with van der Waals surface area (Å²) in [7, 11) is 0. The Labute approximate surface area is 196 Å². The van der Waals surface area contributed by atoms with Crippen molar-refractivity contribution in [3.63, 3.8) is 0 Å². The average Bonchev–Trinajstić information content (AvgIpc) is 2.73. The molecule has 7 nitrogen and oxygen atoms in total. The van der Waals surface area contributed by atoms with Crippen LogP contribution in [0, 0.1) is 12.8 Å². The number of carbonyl (C=O) groups excluding carboxylic acids is 2. The lowest BCUT2D eigenvalue weighted by atomic mass is 10.1. The summed E-state index contributed by atoms with van der Waals surface area (Å²) >= 11 is 8.49. The van der Waals surface area contributed by atoms with Crippen LogP contribution in [0.5, 0.6) is 11.5 Å². The third-order valence-corrected chi connectivity index (χ3v) is 5.22. The number of thiocarbonyl (C=S) groups is 1. The number of carbonyl (C=O) groups is 2. The number of hydrazine groups is 1. The van der Waals surface area contributed by atoms with Crippen LogP contribution in [0.15, 0.2) is 46.9 Å². The van der Waals surface area contributed by atoms with E-state index in [1.807, 2.05) is 19.1 Å². The van der Waals surface area contributed by atoms with Crippen LogP contribution in [-0.4, -0.2) is 30.1 Å². The van der Waals surface area contributed by atoms with E-state index >= 15 is 0 Å². The highest BCUT2D eigenvalue weighted by molar-refractivity contribution is 9.10. The summed E-state index contributed by atoms with van der Waals surface area (Å²) in [6.07, 6.45) is 0.879. The minimum absolute atomic E-state index is 0.0465. The molecular weight excluding hydrogens is 482 g/mol. The zero-order valence-corrected chi connectivity index (χ0v) is 20.1. The van der Waals surface area contributed by atoms with Gasteiger partial charge in [0.05, 0.1) is 12.2 Å². The standard InChI is InChI=1S/C22H26BrN3O4S/c1-14(2)10-11-29-19-7-5-4-6-17(19)21(28)24-22(31)26-25-20(27)13-30-16-8-9-18(23)15(3)12-16/h4-9,12,14H,10-11,13H2,1-3H3,(H,25,27)(H2,24,26,28,31). The van der Waals surface area contributed by atoms with Gasteiger partial charge in [0.15, 0.2) is 11.7 Å². The van der Waals surface area contributed by atoms with E-state index in [0.717, 1.165) is 16.5 Å². The Bertz CT molecular complexity index is 937. The summed E-state index contributed by atoms with van der Waals surface area (Å²) in [6.45, 7) is 6.43. The van der Waals surface area contributed by atoms with E-state index in [9.17, 15) is 9.59 Å². The van der Waals surface area contributed by atoms with Crippen LogP contribution in [0.2, 0.25) is 0 Å². The molecule has 3 N–H and O–H groups in total. The molecule has 2 aromatic carbocycles. The Kier molecular flexibility index (Phi) is 9.74. The number of ether oxygens (including phenoxy) is 2. The maximum Gasteiger partial charge on any atom is 0.276 e. The molecule has 2 aromatic rings. The molecule has 0 aliphatic heterocycles. The fourth-order valence-electron chi connectivity index (χ4n) is 2.40. The van der Waals surface area contributed by atoms with Crippen LogP contribution < -0.4 is 25.6 Å². The van der Waals surface area contributed by atoms with Crippen LogP contribution in [0.3, 0.4) is 0 Å². The predicted molar refractivity (Wildman–Crippen MR) is 127 cm³/mol. The molecule has 0 fully saturated rings. The summed E-state index contributed by atoms with van der Waals surface area (Å²) in [5, 5.41) is 2.47. The maximum absolute atomic E-state index is 12.5. The summed E-state index contributed by atoms with van der Waals surface area (Å²) in [5.74, 6) is 0.660. The van der Waals surface area contributed by atoms with Gasteiger partial charge in [-0.1, -0.05) is 41.9 Å². The smallest absolute Gasteiger partial charge is 0.276 e. The van der Waals surface area contributed by atoms with E-state index < -0.39 is 11.8 Å². The molecule has 31 heavy (non-hydrogen) atoms. The number of hydrogen-bond donors (Lipinski definition) is 3. The van der Waals surface area contributed by atoms with E-state index in [0.29, 0.717) is 29.6 Å². The monoisotopic (exact) mass is 507 g/mol. The molecule has 0 aliphatic carbocycles. The molecule has 0 bridgehead atoms. The van der Waals surface area contributed by atoms with Crippen molar-refractivity contribution in [2.45, 2.75) is 27.2 Å². The molecule has 2 amide bonds. The quantitative estimate of drug-likeness (QED) is 0.371. The molecule has 0 saturated heterocycles. The van der Waals surface area contributed by atoms with Gasteiger partial charge in [-0.25, -0.2) is 0 Å². The van der Waals surface area contributed by atoms with Gasteiger partial charge in [0.25, 0.3) is 11.8 Å². The minimum atomic E-state index is -0.449. The largest absolute Gasteiger partial charge is 0.493 e. The highest BCUT2D eigenvalue weighted by Gasteiger charge is 2.14. The van der Waals surface area contributed by atoms with Gasteiger partial charge >= 0.3 is 0 Å². The summed E-state index contributed by atoms with van der Waals surface area (Å²) in [5.41, 5.74) is 6.23. The molecule has 0 unspecified atom stereocenters. The van der Waals surface area contributed by atoms with E-state index in [1.54, 1.807) is 30.3 Å². The Morgan fingerprint density at radius 1 is 1.10 bits per heavy atom. The van der Waals surface area contributed by atoms with Gasteiger partial charge in [-0.05, 0) is 67.4 Å². The van der Waals surface area contributed by atoms with Gasteiger partial charge in [0, 0.05) is 4.47 Å². The van der Waals surface area contributed by atoms with Gasteiger partial charge in [0.1, 0.15) is 11.5 Å². The summed E-state index contributed by atoms with van der Waals surface area (Å²) in [4.78, 5) is 24.5. The van der Waals surface area contributed by atoms with E-state index in [4.69, 9.17) is 21.7 Å². The van der Waals surface area contributed by atoms with E-state index in [1.165, 1.54) is 0 Å². The van der Waals surface area contributed by atoms with Gasteiger partial charge < -0.3 is 9.47 Å². The van der Waals surface area contributed by atoms with Crippen LogP contribution in [0.4, 0.5) is 0 Å². The minimum Gasteiger partial charge on any atom is -0.493 e. The van der Waals surface area contributed by atoms with E-state index in [-0.39, 0.29) is 11.7 Å². The molecule has 166 valence electrons. The molecule has 9 heteroatoms. The van der Waals surface area contributed by atoms with Crippen LogP contribution in [-0.2, 0) is 4.79 Å². The number of aryl methyl sites for hydroxylation is 1. The Morgan fingerprint density at radius 3 is 2.55 bits per heavy atom. The van der Waals surface area contributed by atoms with Gasteiger partial charge in [-0.3, -0.25) is 25.8 Å². The van der Waals surface area contributed by atoms with Crippen molar-refractivity contribution in [2.24, 2.45) is 5.92 Å². The first kappa shape index (κ1) is 24.6. The second-order valence-corrected chi connectivity index (χ2v) is 8.45. The predicted octanol–water partition coefficient (Wildman–Crippen LogP) is 3.90. The summed E-state index contributed by atoms with van der Waals surface area (Å²) < 4.78 is 12.1. The van der Waals surface area contributed by atoms with Crippen LogP contribution >= 0.6 is 28.1 Å². The van der Waals surface area contributed by atoms with Gasteiger partial charge in [0.2, 0.25) is 0 Å². The van der Waals surface area contributed by atoms with Gasteiger partial charge in [-0.2, -0.15) is 0 Å². The lowest BCUT2D eigenvalue weighted by Gasteiger charge is -2.14. The molecule has 0 saturated carbocycles. The Balaban J connectivity index is 1.79. The fourth-order valence-corrected chi connectivity index (χ4v) is 2.80. The number of benzene rings is 2. The molecular formula is C22H26BrN3O4S. The molecule has 2 rings (SSSR count). The number of hydrogen-bond acceptors (Lipinski definition) is 5. The average molecular weight is 508 g/mol. The first-order valence-corrected chi connectivity index (χ1v) is 11.0. The normalized spacial score (nSPS) is 10.4. The number of rotatable bonds is 8. The maximum atomic E-state index is 12.5. The Hall–Kier alpha value is -2.65. The van der Waals surface area contributed by atoms with Crippen molar-refractivity contribution in [3.8, 4) is 11.5 Å². The Morgan fingerprint density at radius 2 is 1.84 bits per heavy atom. The zero-order chi connectivity index (χ0) is 22.8. The van der Waals surface area contributed by atoms with Crippen molar-refractivity contribution in [1.29, 1.82) is 0 Å². The van der Waals surface area contributed by atoms with Crippen LogP contribution in [0.25, 0.3) is 0 Å². The topological polar surface area (TPSA) is 88.7 Å². The zero-order valence-electron chi connectivity index (χ0n) is 17.7. The molecule has 0 radical (unpaired) electrons. The fraction of sp³-hybridized carbons (Fsp3) is 0.318. The third kappa shape index (κ3) is 8.55. The van der Waals surface area contributed by atoms with E-state index in [2.05, 4.69) is 45.9 Å². The lowest BCUT2D eigenvalue weighted by molar-refractivity contribution is -0.123. The SMILES string of the molecule is Cc1cc(OCC(=O)NNC(=S)NC(=O)c2ccccc2OCCC(C)C)ccc1Br. The first-order chi connectivity index (χ1) is 14.8. The lowest BCUT2D eigenvalue weighted by Crippen LogP contribution is -2.49. The van der Waals surface area contributed by atoms with Crippen molar-refractivity contribution < 1.29 is 19.1 Å². The van der Waals surface area contributed by atoms with Crippen molar-refractivity contribution in [3.05, 3.63) is 58.1 Å². The first-order valence-electron chi connectivity index (χ1n) is 9.77. The number of halogens is 1.